The van der Waals surface area contributed by atoms with Crippen molar-refractivity contribution >= 4 is 52.6 Å². The summed E-state index contributed by atoms with van der Waals surface area (Å²) in [6.07, 6.45) is -0.304. The molecule has 2 fully saturated rings. The molecule has 6 rings (SSSR count). The van der Waals surface area contributed by atoms with E-state index in [2.05, 4.69) is 5.32 Å². The number of hydrogen-bond acceptors (Lipinski definition) is 8. The highest BCUT2D eigenvalue weighted by molar-refractivity contribution is 8.02. The van der Waals surface area contributed by atoms with Gasteiger partial charge in [0.15, 0.2) is 21.3 Å². The number of rotatable bonds is 12. The van der Waals surface area contributed by atoms with Crippen LogP contribution in [0.5, 0.6) is 0 Å². The highest BCUT2D eigenvalue weighted by Gasteiger charge is 2.77. The van der Waals surface area contributed by atoms with Crippen molar-refractivity contribution in [2.75, 3.05) is 23.9 Å². The predicted molar refractivity (Wildman–Crippen MR) is 183 cm³/mol. The van der Waals surface area contributed by atoms with Gasteiger partial charge in [0.05, 0.1) is 5.41 Å². The average Bonchev–Trinajstić information content (AvgIpc) is 3.50. The van der Waals surface area contributed by atoms with Gasteiger partial charge >= 0.3 is 0 Å². The van der Waals surface area contributed by atoms with Crippen molar-refractivity contribution in [1.82, 2.24) is 9.80 Å². The number of piperazine rings is 1. The number of anilines is 1. The van der Waals surface area contributed by atoms with Crippen LogP contribution in [0.4, 0.5) is 5.69 Å². The standard InChI is InChI=1S/C36H39N3O5S2/c1-4-21-35-26-17-11-12-18-27(26)37-31(35)39-32(43)34(2,45-22-19-28(40)24-13-7-5-8-14-24)38(3)33(44)36(39,30(35)42)46-23-20-29(41)25-15-9-6-10-16-25/h5-18,30-31,37,42H,4,19-23H2,1-3H3/t30-,31+,34-,35-,36-/m0/s1. The Bertz CT molecular complexity index is 1660. The SMILES string of the molecule is CCC[C@@]12c3ccccc3N[C@@H]1N1C(=O)[C@](C)(SCCC(=O)c3ccccc3)N(C)C(=O)[C@@]1(SCCC(=O)c1ccccc1)[C@H]2O. The van der Waals surface area contributed by atoms with Crippen LogP contribution >= 0.6 is 23.5 Å². The van der Waals surface area contributed by atoms with E-state index in [9.17, 15) is 24.3 Å². The van der Waals surface area contributed by atoms with Gasteiger partial charge < -0.3 is 15.3 Å². The maximum Gasteiger partial charge on any atom is 0.263 e. The van der Waals surface area contributed by atoms with Crippen LogP contribution in [-0.4, -0.2) is 78.9 Å². The maximum atomic E-state index is 14.9. The Balaban J connectivity index is 1.35. The molecule has 0 aliphatic carbocycles. The molecule has 2 amide bonds. The molecule has 0 radical (unpaired) electrons. The maximum absolute atomic E-state index is 14.9. The molecule has 3 aromatic carbocycles. The molecular weight excluding hydrogens is 619 g/mol. The fourth-order valence-corrected chi connectivity index (χ4v) is 10.1. The van der Waals surface area contributed by atoms with Crippen LogP contribution in [0.1, 0.15) is 65.8 Å². The van der Waals surface area contributed by atoms with Crippen molar-refractivity contribution in [3.8, 4) is 0 Å². The molecule has 0 unspecified atom stereocenters. The van der Waals surface area contributed by atoms with Crippen molar-refractivity contribution < 1.29 is 24.3 Å². The number of nitrogens with one attached hydrogen (secondary N) is 1. The molecule has 3 aliphatic heterocycles. The van der Waals surface area contributed by atoms with E-state index in [1.165, 1.54) is 28.4 Å². The van der Waals surface area contributed by atoms with Gasteiger partial charge in [0.1, 0.15) is 12.3 Å². The largest absolute Gasteiger partial charge is 0.388 e. The number of thioether (sulfide) groups is 2. The minimum Gasteiger partial charge on any atom is -0.388 e. The molecule has 0 spiro atoms. The number of para-hydroxylation sites is 1. The van der Waals surface area contributed by atoms with Gasteiger partial charge in [0.25, 0.3) is 11.8 Å². The van der Waals surface area contributed by atoms with E-state index >= 15 is 0 Å². The second kappa shape index (κ2) is 12.5. The Kier molecular flexibility index (Phi) is 8.82. The molecule has 5 atom stereocenters. The minimum atomic E-state index is -1.65. The summed E-state index contributed by atoms with van der Waals surface area (Å²) in [5, 5.41) is 16.1. The Morgan fingerprint density at radius 1 is 0.826 bits per heavy atom. The lowest BCUT2D eigenvalue weighted by molar-refractivity contribution is -0.165. The van der Waals surface area contributed by atoms with Crippen LogP contribution in [0, 0.1) is 0 Å². The highest BCUT2D eigenvalue weighted by Crippen LogP contribution is 2.62. The highest BCUT2D eigenvalue weighted by atomic mass is 32.2. The second-order valence-electron chi connectivity index (χ2n) is 12.3. The molecule has 0 aromatic heterocycles. The number of likely N-dealkylation sites (N-methyl/N-ethyl adjacent to an activating group) is 1. The number of aliphatic hydroxyl groups is 1. The lowest BCUT2D eigenvalue weighted by Gasteiger charge is -2.53. The number of carbonyl (C=O) groups is 4. The Labute approximate surface area is 278 Å². The summed E-state index contributed by atoms with van der Waals surface area (Å²) >= 11 is 2.45. The third-order valence-electron chi connectivity index (χ3n) is 9.77. The number of aliphatic hydroxyl groups excluding tert-OH is 1. The van der Waals surface area contributed by atoms with Gasteiger partial charge in [0.2, 0.25) is 0 Å². The number of hydrogen-bond donors (Lipinski definition) is 2. The number of Topliss-reactive ketones (excluding diaryl/α,β-unsaturated/α-hetero) is 2. The molecule has 8 nitrogen and oxygen atoms in total. The van der Waals surface area contributed by atoms with Crippen molar-refractivity contribution in [2.45, 2.75) is 67.0 Å². The molecule has 10 heteroatoms. The molecule has 3 aromatic rings. The molecule has 46 heavy (non-hydrogen) atoms. The van der Waals surface area contributed by atoms with Crippen LogP contribution in [0.3, 0.4) is 0 Å². The summed E-state index contributed by atoms with van der Waals surface area (Å²) in [5.41, 5.74) is 1.97. The zero-order valence-corrected chi connectivity index (χ0v) is 27.9. The normalized spacial score (nSPS) is 28.0. The van der Waals surface area contributed by atoms with Gasteiger partial charge in [-0.3, -0.25) is 24.1 Å². The van der Waals surface area contributed by atoms with Gasteiger partial charge in [0, 0.05) is 48.2 Å². The summed E-state index contributed by atoms with van der Waals surface area (Å²) in [7, 11) is 1.61. The number of carbonyl (C=O) groups excluding carboxylic acids is 4. The van der Waals surface area contributed by atoms with E-state index < -0.39 is 27.4 Å². The fraction of sp³-hybridized carbons (Fsp3) is 0.389. The molecular formula is C36H39N3O5S2. The topological polar surface area (TPSA) is 107 Å². The van der Waals surface area contributed by atoms with Gasteiger partial charge in [-0.1, -0.05) is 92.2 Å². The van der Waals surface area contributed by atoms with Crippen LogP contribution in [0.2, 0.25) is 0 Å². The summed E-state index contributed by atoms with van der Waals surface area (Å²) in [6.45, 7) is 3.77. The molecule has 2 saturated heterocycles. The van der Waals surface area contributed by atoms with E-state index in [1.54, 1.807) is 43.1 Å². The van der Waals surface area contributed by atoms with Gasteiger partial charge in [-0.2, -0.15) is 0 Å². The number of nitrogens with zero attached hydrogens (tertiary/aromatic N) is 2. The van der Waals surface area contributed by atoms with E-state index in [-0.39, 0.29) is 42.0 Å². The van der Waals surface area contributed by atoms with E-state index in [4.69, 9.17) is 0 Å². The van der Waals surface area contributed by atoms with Crippen molar-refractivity contribution in [1.29, 1.82) is 0 Å². The van der Waals surface area contributed by atoms with E-state index in [0.717, 1.165) is 17.7 Å². The summed E-state index contributed by atoms with van der Waals surface area (Å²) in [5.74, 6) is -0.231. The first-order chi connectivity index (χ1) is 22.1. The summed E-state index contributed by atoms with van der Waals surface area (Å²) in [6, 6.07) is 25.8. The third kappa shape index (κ3) is 4.88. The number of benzene rings is 3. The Morgan fingerprint density at radius 3 is 1.96 bits per heavy atom. The molecule has 2 N–H and O–H groups in total. The first-order valence-electron chi connectivity index (χ1n) is 15.7. The minimum absolute atomic E-state index is 0.0339. The van der Waals surface area contributed by atoms with Gasteiger partial charge in [-0.15, -0.1) is 23.5 Å². The van der Waals surface area contributed by atoms with Crippen molar-refractivity contribution in [2.24, 2.45) is 0 Å². The zero-order valence-electron chi connectivity index (χ0n) is 26.3. The lowest BCUT2D eigenvalue weighted by atomic mass is 9.72. The van der Waals surface area contributed by atoms with Crippen LogP contribution < -0.4 is 5.32 Å². The lowest BCUT2D eigenvalue weighted by Crippen LogP contribution is -2.74. The first-order valence-corrected chi connectivity index (χ1v) is 17.7. The summed E-state index contributed by atoms with van der Waals surface area (Å²) in [4.78, 5) is 55.8. The van der Waals surface area contributed by atoms with Crippen LogP contribution in [-0.2, 0) is 15.0 Å². The average molecular weight is 658 g/mol. The molecule has 0 bridgehead atoms. The second-order valence-corrected chi connectivity index (χ2v) is 15.1. The molecule has 3 aliphatic rings. The van der Waals surface area contributed by atoms with Crippen LogP contribution in [0.25, 0.3) is 0 Å². The number of ketones is 2. The van der Waals surface area contributed by atoms with Crippen molar-refractivity contribution in [3.63, 3.8) is 0 Å². The number of amides is 2. The fourth-order valence-electron chi connectivity index (χ4n) is 7.36. The quantitative estimate of drug-likeness (QED) is 0.244. The molecule has 0 saturated carbocycles. The number of fused-ring (bicyclic) bond motifs is 5. The van der Waals surface area contributed by atoms with Crippen LogP contribution in [0.15, 0.2) is 84.9 Å². The van der Waals surface area contributed by atoms with E-state index in [1.807, 2.05) is 67.6 Å². The van der Waals surface area contributed by atoms with Gasteiger partial charge in [-0.05, 0) is 25.0 Å². The zero-order chi connectivity index (χ0) is 32.7. The Morgan fingerprint density at radius 2 is 1.37 bits per heavy atom. The Hall–Kier alpha value is -3.60. The van der Waals surface area contributed by atoms with E-state index in [0.29, 0.717) is 23.3 Å². The molecule has 3 heterocycles. The third-order valence-corrected chi connectivity index (χ3v) is 12.6. The predicted octanol–water partition coefficient (Wildman–Crippen LogP) is 5.58. The first kappa shape index (κ1) is 32.3. The smallest absolute Gasteiger partial charge is 0.263 e. The monoisotopic (exact) mass is 657 g/mol. The van der Waals surface area contributed by atoms with Gasteiger partial charge in [-0.25, -0.2) is 0 Å². The summed E-state index contributed by atoms with van der Waals surface area (Å²) < 4.78 is 0. The molecule has 240 valence electrons. The van der Waals surface area contributed by atoms with Crippen molar-refractivity contribution in [3.05, 3.63) is 102 Å².